The van der Waals surface area contributed by atoms with Gasteiger partial charge in [-0.05, 0) is 0 Å². The van der Waals surface area contributed by atoms with Crippen LogP contribution >= 0.6 is 0 Å². The average molecular weight is 264 g/mol. The number of rotatable bonds is 3. The highest BCUT2D eigenvalue weighted by Crippen LogP contribution is 2.45. The van der Waals surface area contributed by atoms with Crippen LogP contribution in [-0.4, -0.2) is 23.2 Å². The van der Waals surface area contributed by atoms with E-state index in [1.807, 2.05) is 0 Å². The smallest absolute Gasteiger partial charge is 0.398 e. The van der Waals surface area contributed by atoms with Crippen LogP contribution in [0.5, 0.6) is 0 Å². The Kier molecular flexibility index (Phi) is 3.75. The summed E-state index contributed by atoms with van der Waals surface area (Å²) in [4.78, 5) is 0. The fourth-order valence-corrected chi connectivity index (χ4v) is 0.384. The number of hydrogen-bond donors (Lipinski definition) is 1. The van der Waals surface area contributed by atoms with Crippen molar-refractivity contribution in [1.82, 2.24) is 0 Å². The summed E-state index contributed by atoms with van der Waals surface area (Å²) in [5, 5.41) is 7.71. The molecule has 1 atom stereocenters. The van der Waals surface area contributed by atoms with Crippen molar-refractivity contribution in [2.75, 3.05) is 0 Å². The van der Waals surface area contributed by atoms with Crippen molar-refractivity contribution in [3.63, 3.8) is 0 Å². The van der Waals surface area contributed by atoms with E-state index >= 15 is 0 Å². The van der Waals surface area contributed by atoms with Crippen molar-refractivity contribution in [1.29, 1.82) is 0 Å². The van der Waals surface area contributed by atoms with Gasteiger partial charge in [0.05, 0.1) is 0 Å². The van der Waals surface area contributed by atoms with Crippen molar-refractivity contribution in [2.45, 2.75) is 18.1 Å². The van der Waals surface area contributed by atoms with Gasteiger partial charge >= 0.3 is 30.2 Å². The first-order valence-electron chi connectivity index (χ1n) is 3.08. The highest BCUT2D eigenvalue weighted by Gasteiger charge is 2.74. The summed E-state index contributed by atoms with van der Waals surface area (Å²) in [6.07, 6.45) is -16.4. The van der Waals surface area contributed by atoms with Gasteiger partial charge in [-0.25, -0.2) is 0 Å². The Morgan fingerprint density at radius 3 is 1.50 bits per heavy atom. The minimum absolute atomic E-state index is 2.08. The van der Waals surface area contributed by atoms with E-state index < -0.39 is 30.2 Å². The van der Waals surface area contributed by atoms with Gasteiger partial charge in [0, 0.05) is 0 Å². The topological polar surface area (TPSA) is 29.5 Å². The van der Waals surface area contributed by atoms with E-state index in [0.29, 0.717) is 0 Å². The van der Waals surface area contributed by atoms with Gasteiger partial charge < -0.3 is 9.84 Å². The predicted octanol–water partition coefficient (Wildman–Crippen LogP) is 2.85. The Balaban J connectivity index is 5.15. The van der Waals surface area contributed by atoms with E-state index in [0.717, 1.165) is 0 Å². The normalized spacial score (nSPS) is 16.6. The summed E-state index contributed by atoms with van der Waals surface area (Å²) in [6, 6.07) is -3.44. The molecule has 2 nitrogen and oxygen atoms in total. The largest absolute Gasteiger partial charge is 0.470 e. The van der Waals surface area contributed by atoms with Crippen LogP contribution in [0.15, 0.2) is 12.1 Å². The number of halogens is 9. The first kappa shape index (κ1) is 14.9. The summed E-state index contributed by atoms with van der Waals surface area (Å²) in [7, 11) is 0. The molecule has 0 saturated heterocycles. The molecule has 1 N–H and O–H groups in total. The maximum Gasteiger partial charge on any atom is 0.470 e. The Morgan fingerprint density at radius 1 is 0.875 bits per heavy atom. The predicted molar refractivity (Wildman–Crippen MR) is 28.5 cm³/mol. The van der Waals surface area contributed by atoms with E-state index in [4.69, 9.17) is 5.11 Å². The fourth-order valence-electron chi connectivity index (χ4n) is 0.384. The Bertz CT molecular complexity index is 287. The van der Waals surface area contributed by atoms with Crippen LogP contribution in [-0.2, 0) is 4.74 Å². The maximum absolute atomic E-state index is 12.1. The lowest BCUT2D eigenvalue weighted by Gasteiger charge is -2.28. The molecule has 0 bridgehead atoms. The third-order valence-electron chi connectivity index (χ3n) is 1.13. The van der Waals surface area contributed by atoms with Crippen LogP contribution in [0.2, 0.25) is 0 Å². The number of hydrogen-bond acceptors (Lipinski definition) is 2. The zero-order valence-electron chi connectivity index (χ0n) is 6.76. The Morgan fingerprint density at radius 2 is 1.25 bits per heavy atom. The van der Waals surface area contributed by atoms with Crippen LogP contribution < -0.4 is 0 Å². The van der Waals surface area contributed by atoms with Crippen LogP contribution in [0.4, 0.5) is 39.5 Å². The standard InChI is InChI=1S/C5HF9O2/c6-1(7)2(8)16-5(13,14)3(9,15)4(10,11)12/h15H. The van der Waals surface area contributed by atoms with Gasteiger partial charge in [0.2, 0.25) is 0 Å². The van der Waals surface area contributed by atoms with Crippen LogP contribution in [0.1, 0.15) is 0 Å². The van der Waals surface area contributed by atoms with Gasteiger partial charge in [-0.2, -0.15) is 39.5 Å². The second-order valence-electron chi connectivity index (χ2n) is 2.27. The minimum atomic E-state index is -6.57. The van der Waals surface area contributed by atoms with Gasteiger partial charge in [-0.3, -0.25) is 0 Å². The molecule has 0 aromatic rings. The van der Waals surface area contributed by atoms with Gasteiger partial charge in [0.15, 0.2) is 0 Å². The summed E-state index contributed by atoms with van der Waals surface area (Å²) < 4.78 is 107. The van der Waals surface area contributed by atoms with Gasteiger partial charge in [-0.1, -0.05) is 0 Å². The molecule has 0 aliphatic rings. The monoisotopic (exact) mass is 264 g/mol. The van der Waals surface area contributed by atoms with Crippen molar-refractivity contribution < 1.29 is 49.4 Å². The van der Waals surface area contributed by atoms with Crippen molar-refractivity contribution >= 4 is 0 Å². The fraction of sp³-hybridized carbons (Fsp3) is 0.600. The first-order valence-corrected chi connectivity index (χ1v) is 3.08. The first-order chi connectivity index (χ1) is 6.83. The molecule has 0 spiro atoms. The summed E-state index contributed by atoms with van der Waals surface area (Å²) in [6.45, 7) is 0. The van der Waals surface area contributed by atoms with Gasteiger partial charge in [0.25, 0.3) is 0 Å². The molecular weight excluding hydrogens is 263 g/mol. The third-order valence-corrected chi connectivity index (χ3v) is 1.13. The molecule has 0 amide bonds. The molecule has 96 valence electrons. The van der Waals surface area contributed by atoms with Crippen molar-refractivity contribution in [2.24, 2.45) is 0 Å². The van der Waals surface area contributed by atoms with E-state index in [1.54, 1.807) is 0 Å². The Hall–Kier alpha value is -1.13. The molecule has 0 aliphatic carbocycles. The summed E-state index contributed by atoms with van der Waals surface area (Å²) in [5.74, 6) is -6.31. The van der Waals surface area contributed by atoms with E-state index in [2.05, 4.69) is 4.74 Å². The van der Waals surface area contributed by atoms with Gasteiger partial charge in [0.1, 0.15) is 0 Å². The summed E-state index contributed by atoms with van der Waals surface area (Å²) in [5.41, 5.74) is 0. The quantitative estimate of drug-likeness (QED) is 0.627. The van der Waals surface area contributed by atoms with E-state index in [-0.39, 0.29) is 0 Å². The highest BCUT2D eigenvalue weighted by atomic mass is 19.4. The molecule has 1 unspecified atom stereocenters. The molecule has 0 aromatic carbocycles. The molecule has 11 heteroatoms. The highest BCUT2D eigenvalue weighted by molar-refractivity contribution is 4.90. The third kappa shape index (κ3) is 2.71. The lowest BCUT2D eigenvalue weighted by Crippen LogP contribution is -2.56. The second-order valence-corrected chi connectivity index (χ2v) is 2.27. The zero-order valence-corrected chi connectivity index (χ0v) is 6.76. The van der Waals surface area contributed by atoms with Crippen molar-refractivity contribution in [3.05, 3.63) is 12.1 Å². The molecule has 0 fully saturated rings. The van der Waals surface area contributed by atoms with Crippen LogP contribution in [0, 0.1) is 0 Å². The molecule has 0 aromatic heterocycles. The molecule has 0 heterocycles. The molecule has 0 radical (unpaired) electrons. The number of alkyl halides is 6. The zero-order chi connectivity index (χ0) is 13.4. The van der Waals surface area contributed by atoms with Gasteiger partial charge in [-0.15, -0.1) is 0 Å². The average Bonchev–Trinajstić information content (AvgIpc) is 2.00. The number of aliphatic hydroxyl groups is 1. The maximum atomic E-state index is 12.1. The number of ether oxygens (including phenoxy) is 1. The molecule has 16 heavy (non-hydrogen) atoms. The lowest BCUT2D eigenvalue weighted by molar-refractivity contribution is -0.444. The summed E-state index contributed by atoms with van der Waals surface area (Å²) >= 11 is 0. The molecule has 0 rings (SSSR count). The Labute approximate surface area is 80.9 Å². The van der Waals surface area contributed by atoms with E-state index in [9.17, 15) is 39.5 Å². The van der Waals surface area contributed by atoms with Crippen molar-refractivity contribution in [3.8, 4) is 0 Å². The van der Waals surface area contributed by atoms with E-state index in [1.165, 1.54) is 0 Å². The minimum Gasteiger partial charge on any atom is -0.398 e. The SMILES string of the molecule is OC(F)(C(F)(F)F)C(F)(F)OC(F)=C(F)F. The molecule has 0 aliphatic heterocycles. The molecule has 0 saturated carbocycles. The van der Waals surface area contributed by atoms with Crippen LogP contribution in [0.25, 0.3) is 0 Å². The second kappa shape index (κ2) is 4.03. The lowest BCUT2D eigenvalue weighted by atomic mass is 10.3. The molecular formula is C5HF9O2. The van der Waals surface area contributed by atoms with Crippen LogP contribution in [0.3, 0.4) is 0 Å².